The summed E-state index contributed by atoms with van der Waals surface area (Å²) in [7, 11) is 0. The molecule has 0 aromatic heterocycles. The van der Waals surface area contributed by atoms with Gasteiger partial charge in [-0.05, 0) is 44.0 Å². The van der Waals surface area contributed by atoms with Gasteiger partial charge in [-0.2, -0.15) is 0 Å². The van der Waals surface area contributed by atoms with Gasteiger partial charge in [0.15, 0.2) is 0 Å². The number of piperidine rings is 1. The van der Waals surface area contributed by atoms with Crippen molar-refractivity contribution in [3.63, 3.8) is 0 Å². The lowest BCUT2D eigenvalue weighted by atomic mass is 10.1. The van der Waals surface area contributed by atoms with Gasteiger partial charge in [0.05, 0.1) is 11.7 Å². The second-order valence-corrected chi connectivity index (χ2v) is 5.48. The molecule has 0 saturated carbocycles. The van der Waals surface area contributed by atoms with Crippen molar-refractivity contribution in [2.45, 2.75) is 38.8 Å². The molecule has 1 atom stereocenters. The van der Waals surface area contributed by atoms with Gasteiger partial charge in [-0.3, -0.25) is 4.90 Å². The maximum atomic E-state index is 13.8. The largest absolute Gasteiger partial charge is 0.478 e. The van der Waals surface area contributed by atoms with E-state index in [1.165, 1.54) is 18.2 Å². The molecular weight excluding hydrogens is 273 g/mol. The smallest absolute Gasteiger partial charge is 0.335 e. The van der Waals surface area contributed by atoms with Gasteiger partial charge in [-0.1, -0.05) is 6.92 Å². The summed E-state index contributed by atoms with van der Waals surface area (Å²) in [5.41, 5.74) is 0.563. The monoisotopic (exact) mass is 295 g/mol. The molecule has 0 bridgehead atoms. The topological polar surface area (TPSA) is 49.8 Å². The molecule has 1 heterocycles. The molecule has 1 fully saturated rings. The van der Waals surface area contributed by atoms with E-state index in [-0.39, 0.29) is 17.5 Å². The van der Waals surface area contributed by atoms with Crippen molar-refractivity contribution >= 4 is 5.97 Å². The Balaban J connectivity index is 2.00. The first kappa shape index (κ1) is 15.9. The van der Waals surface area contributed by atoms with Crippen molar-refractivity contribution in [1.29, 1.82) is 0 Å². The summed E-state index contributed by atoms with van der Waals surface area (Å²) in [6, 6.07) is 3.95. The van der Waals surface area contributed by atoms with Crippen LogP contribution >= 0.6 is 0 Å². The zero-order chi connectivity index (χ0) is 15.2. The number of benzene rings is 1. The van der Waals surface area contributed by atoms with Crippen molar-refractivity contribution in [2.75, 3.05) is 19.7 Å². The molecule has 4 nitrogen and oxygen atoms in total. The number of hydrogen-bond donors (Lipinski definition) is 1. The average Bonchev–Trinajstić information content (AvgIpc) is 2.47. The van der Waals surface area contributed by atoms with E-state index in [0.717, 1.165) is 39.0 Å². The number of hydrogen-bond acceptors (Lipinski definition) is 3. The molecule has 21 heavy (non-hydrogen) atoms. The third-order valence-electron chi connectivity index (χ3n) is 3.71. The van der Waals surface area contributed by atoms with Crippen LogP contribution in [0.5, 0.6) is 0 Å². The SMILES string of the molecule is CCCOC1CCCN(Cc2cc(C(=O)O)ccc2F)C1. The Morgan fingerprint density at radius 2 is 2.33 bits per heavy atom. The highest BCUT2D eigenvalue weighted by molar-refractivity contribution is 5.87. The second-order valence-electron chi connectivity index (χ2n) is 5.48. The molecule has 0 radical (unpaired) electrons. The van der Waals surface area contributed by atoms with E-state index in [0.29, 0.717) is 12.1 Å². The Kier molecular flexibility index (Phi) is 5.70. The molecule has 1 aliphatic heterocycles. The number of rotatable bonds is 6. The maximum absolute atomic E-state index is 13.8. The minimum absolute atomic E-state index is 0.127. The number of nitrogens with zero attached hydrogens (tertiary/aromatic N) is 1. The summed E-state index contributed by atoms with van der Waals surface area (Å²) < 4.78 is 19.6. The van der Waals surface area contributed by atoms with Crippen LogP contribution in [0.3, 0.4) is 0 Å². The van der Waals surface area contributed by atoms with Crippen LogP contribution in [0.15, 0.2) is 18.2 Å². The van der Waals surface area contributed by atoms with Gasteiger partial charge >= 0.3 is 5.97 Å². The Labute approximate surface area is 124 Å². The Morgan fingerprint density at radius 3 is 3.05 bits per heavy atom. The zero-order valence-corrected chi connectivity index (χ0v) is 12.3. The normalized spacial score (nSPS) is 19.6. The summed E-state index contributed by atoms with van der Waals surface area (Å²) in [5.74, 6) is -1.38. The van der Waals surface area contributed by atoms with E-state index in [9.17, 15) is 9.18 Å². The summed E-state index contributed by atoms with van der Waals surface area (Å²) in [4.78, 5) is 13.1. The van der Waals surface area contributed by atoms with Gasteiger partial charge in [0.1, 0.15) is 5.82 Å². The van der Waals surface area contributed by atoms with Crippen LogP contribution in [0, 0.1) is 5.82 Å². The van der Waals surface area contributed by atoms with E-state index in [1.54, 1.807) is 0 Å². The molecule has 0 spiro atoms. The van der Waals surface area contributed by atoms with Crippen LogP contribution < -0.4 is 0 Å². The zero-order valence-electron chi connectivity index (χ0n) is 12.3. The Bertz CT molecular complexity index is 492. The van der Waals surface area contributed by atoms with Crippen LogP contribution in [-0.4, -0.2) is 41.8 Å². The summed E-state index contributed by atoms with van der Waals surface area (Å²) >= 11 is 0. The highest BCUT2D eigenvalue weighted by atomic mass is 19.1. The first-order chi connectivity index (χ1) is 10.1. The van der Waals surface area contributed by atoms with Crippen LogP contribution in [0.4, 0.5) is 4.39 Å². The molecule has 5 heteroatoms. The lowest BCUT2D eigenvalue weighted by Crippen LogP contribution is -2.39. The van der Waals surface area contributed by atoms with Crippen molar-refractivity contribution in [3.8, 4) is 0 Å². The highest BCUT2D eigenvalue weighted by Gasteiger charge is 2.21. The minimum Gasteiger partial charge on any atom is -0.478 e. The number of likely N-dealkylation sites (tertiary alicyclic amines) is 1. The average molecular weight is 295 g/mol. The third-order valence-corrected chi connectivity index (χ3v) is 3.71. The first-order valence-electron chi connectivity index (χ1n) is 7.45. The summed E-state index contributed by atoms with van der Waals surface area (Å²) in [6.45, 7) is 4.92. The lowest BCUT2D eigenvalue weighted by Gasteiger charge is -2.32. The third kappa shape index (κ3) is 4.51. The van der Waals surface area contributed by atoms with E-state index < -0.39 is 5.97 Å². The Hall–Kier alpha value is -1.46. The van der Waals surface area contributed by atoms with Crippen molar-refractivity contribution in [2.24, 2.45) is 0 Å². The number of aromatic carboxylic acids is 1. The van der Waals surface area contributed by atoms with E-state index in [1.807, 2.05) is 0 Å². The molecule has 1 aromatic rings. The van der Waals surface area contributed by atoms with Gasteiger partial charge in [0, 0.05) is 25.3 Å². The van der Waals surface area contributed by atoms with Crippen LogP contribution in [0.25, 0.3) is 0 Å². The van der Waals surface area contributed by atoms with Crippen LogP contribution in [0.1, 0.15) is 42.1 Å². The van der Waals surface area contributed by atoms with Gasteiger partial charge < -0.3 is 9.84 Å². The number of halogens is 1. The molecule has 1 unspecified atom stereocenters. The molecular formula is C16H22FNO3. The fourth-order valence-electron chi connectivity index (χ4n) is 2.65. The first-order valence-corrected chi connectivity index (χ1v) is 7.45. The van der Waals surface area contributed by atoms with E-state index in [4.69, 9.17) is 9.84 Å². The van der Waals surface area contributed by atoms with E-state index >= 15 is 0 Å². The summed E-state index contributed by atoms with van der Waals surface area (Å²) in [5, 5.41) is 8.99. The van der Waals surface area contributed by atoms with Gasteiger partial charge in [0.25, 0.3) is 0 Å². The molecule has 0 amide bonds. The highest BCUT2D eigenvalue weighted by Crippen LogP contribution is 2.19. The van der Waals surface area contributed by atoms with Crippen LogP contribution in [0.2, 0.25) is 0 Å². The molecule has 0 aliphatic carbocycles. The molecule has 1 aliphatic rings. The molecule has 1 aromatic carbocycles. The van der Waals surface area contributed by atoms with E-state index in [2.05, 4.69) is 11.8 Å². The van der Waals surface area contributed by atoms with Gasteiger partial charge in [-0.25, -0.2) is 9.18 Å². The quantitative estimate of drug-likeness (QED) is 0.876. The molecule has 1 N–H and O–H groups in total. The molecule has 2 rings (SSSR count). The Morgan fingerprint density at radius 1 is 1.52 bits per heavy atom. The van der Waals surface area contributed by atoms with Crippen LogP contribution in [-0.2, 0) is 11.3 Å². The lowest BCUT2D eigenvalue weighted by molar-refractivity contribution is -0.00248. The predicted molar refractivity (Wildman–Crippen MR) is 77.9 cm³/mol. The van der Waals surface area contributed by atoms with Crippen molar-refractivity contribution in [1.82, 2.24) is 4.90 Å². The fraction of sp³-hybridized carbons (Fsp3) is 0.562. The van der Waals surface area contributed by atoms with Crippen molar-refractivity contribution < 1.29 is 19.0 Å². The second kappa shape index (κ2) is 7.52. The standard InChI is InChI=1S/C16H22FNO3/c1-2-8-21-14-4-3-7-18(11-14)10-13-9-12(16(19)20)5-6-15(13)17/h5-6,9,14H,2-4,7-8,10-11H2,1H3,(H,19,20). The number of carbonyl (C=O) groups is 1. The molecule has 1 saturated heterocycles. The predicted octanol–water partition coefficient (Wildman–Crippen LogP) is 2.91. The fourth-order valence-corrected chi connectivity index (χ4v) is 2.65. The minimum atomic E-state index is -1.03. The number of carboxylic acids is 1. The maximum Gasteiger partial charge on any atom is 0.335 e. The number of ether oxygens (including phenoxy) is 1. The summed E-state index contributed by atoms with van der Waals surface area (Å²) in [6.07, 6.45) is 3.25. The van der Waals surface area contributed by atoms with Crippen molar-refractivity contribution in [3.05, 3.63) is 35.1 Å². The number of carboxylic acid groups (broad SMARTS) is 1. The van der Waals surface area contributed by atoms with Gasteiger partial charge in [-0.15, -0.1) is 0 Å². The van der Waals surface area contributed by atoms with Gasteiger partial charge in [0.2, 0.25) is 0 Å². The molecule has 116 valence electrons.